The molecule has 0 saturated heterocycles. The molecule has 5 heteroatoms. The maximum Gasteiger partial charge on any atom is 0.257 e. The standard InChI is InChI=1S/C19H22N2O3/c1-2-11-21(12-9-15-6-3-4-10-20-15)19(22)16-7-5-8-17-18(16)24-14-13-23-17/h3-8,10H,2,9,11-14H2,1H3. The van der Waals surface area contributed by atoms with E-state index >= 15 is 0 Å². The highest BCUT2D eigenvalue weighted by Crippen LogP contribution is 2.34. The van der Waals surface area contributed by atoms with Crippen LogP contribution in [0.25, 0.3) is 0 Å². The van der Waals surface area contributed by atoms with Crippen molar-refractivity contribution in [3.05, 3.63) is 53.9 Å². The molecule has 0 atom stereocenters. The van der Waals surface area contributed by atoms with Gasteiger partial charge in [0.2, 0.25) is 0 Å². The highest BCUT2D eigenvalue weighted by molar-refractivity contribution is 5.97. The molecule has 1 aliphatic heterocycles. The molecule has 0 saturated carbocycles. The summed E-state index contributed by atoms with van der Waals surface area (Å²) in [4.78, 5) is 19.2. The second-order valence-electron chi connectivity index (χ2n) is 5.69. The van der Waals surface area contributed by atoms with Gasteiger partial charge in [0.25, 0.3) is 5.91 Å². The second kappa shape index (κ2) is 7.81. The van der Waals surface area contributed by atoms with Crippen LogP contribution in [0.4, 0.5) is 0 Å². The molecule has 0 spiro atoms. The van der Waals surface area contributed by atoms with E-state index in [1.54, 1.807) is 12.3 Å². The molecular formula is C19H22N2O3. The van der Waals surface area contributed by atoms with Crippen LogP contribution >= 0.6 is 0 Å². The smallest absolute Gasteiger partial charge is 0.257 e. The molecule has 3 rings (SSSR count). The number of pyridine rings is 1. The van der Waals surface area contributed by atoms with Crippen molar-refractivity contribution >= 4 is 5.91 Å². The number of aromatic nitrogens is 1. The van der Waals surface area contributed by atoms with Crippen LogP contribution in [0, 0.1) is 0 Å². The Balaban J connectivity index is 1.77. The second-order valence-corrected chi connectivity index (χ2v) is 5.69. The third-order valence-electron chi connectivity index (χ3n) is 3.94. The van der Waals surface area contributed by atoms with Crippen molar-refractivity contribution in [1.29, 1.82) is 0 Å². The van der Waals surface area contributed by atoms with Crippen molar-refractivity contribution < 1.29 is 14.3 Å². The van der Waals surface area contributed by atoms with Gasteiger partial charge < -0.3 is 14.4 Å². The molecule has 24 heavy (non-hydrogen) atoms. The predicted molar refractivity (Wildman–Crippen MR) is 91.6 cm³/mol. The molecule has 5 nitrogen and oxygen atoms in total. The number of amides is 1. The Morgan fingerprint density at radius 1 is 1.12 bits per heavy atom. The number of benzene rings is 1. The van der Waals surface area contributed by atoms with E-state index in [1.807, 2.05) is 35.2 Å². The van der Waals surface area contributed by atoms with E-state index in [9.17, 15) is 4.79 Å². The Labute approximate surface area is 142 Å². The number of rotatable bonds is 6. The Hall–Kier alpha value is -2.56. The maximum absolute atomic E-state index is 13.0. The lowest BCUT2D eigenvalue weighted by atomic mass is 10.1. The number of para-hydroxylation sites is 1. The average molecular weight is 326 g/mol. The zero-order chi connectivity index (χ0) is 16.8. The quantitative estimate of drug-likeness (QED) is 0.819. The first-order valence-electron chi connectivity index (χ1n) is 8.37. The average Bonchev–Trinajstić information content (AvgIpc) is 2.65. The summed E-state index contributed by atoms with van der Waals surface area (Å²) in [6, 6.07) is 11.3. The molecular weight excluding hydrogens is 304 g/mol. The summed E-state index contributed by atoms with van der Waals surface area (Å²) in [6.45, 7) is 4.40. The molecule has 1 aromatic heterocycles. The third-order valence-corrected chi connectivity index (χ3v) is 3.94. The number of ether oxygens (including phenoxy) is 2. The van der Waals surface area contributed by atoms with Crippen molar-refractivity contribution in [3.8, 4) is 11.5 Å². The lowest BCUT2D eigenvalue weighted by Crippen LogP contribution is -2.34. The monoisotopic (exact) mass is 326 g/mol. The summed E-state index contributed by atoms with van der Waals surface area (Å²) in [5.41, 5.74) is 1.56. The fourth-order valence-corrected chi connectivity index (χ4v) is 2.79. The number of fused-ring (bicyclic) bond motifs is 1. The normalized spacial score (nSPS) is 12.7. The number of hydrogen-bond donors (Lipinski definition) is 0. The van der Waals surface area contributed by atoms with Crippen LogP contribution in [0.15, 0.2) is 42.6 Å². The highest BCUT2D eigenvalue weighted by atomic mass is 16.6. The molecule has 126 valence electrons. The fraction of sp³-hybridized carbons (Fsp3) is 0.368. The minimum Gasteiger partial charge on any atom is -0.486 e. The van der Waals surface area contributed by atoms with Gasteiger partial charge in [-0.3, -0.25) is 9.78 Å². The van der Waals surface area contributed by atoms with E-state index in [0.717, 1.165) is 18.5 Å². The van der Waals surface area contributed by atoms with Gasteiger partial charge in [-0.25, -0.2) is 0 Å². The third kappa shape index (κ3) is 3.67. The van der Waals surface area contributed by atoms with Crippen LogP contribution in [0.2, 0.25) is 0 Å². The lowest BCUT2D eigenvalue weighted by Gasteiger charge is -2.25. The summed E-state index contributed by atoms with van der Waals surface area (Å²) >= 11 is 0. The first-order valence-corrected chi connectivity index (χ1v) is 8.37. The van der Waals surface area contributed by atoms with Gasteiger partial charge in [-0.15, -0.1) is 0 Å². The minimum atomic E-state index is -0.0184. The van der Waals surface area contributed by atoms with Gasteiger partial charge >= 0.3 is 0 Å². The van der Waals surface area contributed by atoms with Crippen LogP contribution in [0.3, 0.4) is 0 Å². The summed E-state index contributed by atoms with van der Waals surface area (Å²) in [5, 5.41) is 0. The molecule has 1 aromatic carbocycles. The Kier molecular flexibility index (Phi) is 5.31. The van der Waals surface area contributed by atoms with Gasteiger partial charge in [0.1, 0.15) is 13.2 Å². The Morgan fingerprint density at radius 2 is 2.00 bits per heavy atom. The SMILES string of the molecule is CCCN(CCc1ccccn1)C(=O)c1cccc2c1OCCO2. The van der Waals surface area contributed by atoms with E-state index in [-0.39, 0.29) is 5.91 Å². The highest BCUT2D eigenvalue weighted by Gasteiger charge is 2.24. The van der Waals surface area contributed by atoms with E-state index in [2.05, 4.69) is 11.9 Å². The summed E-state index contributed by atoms with van der Waals surface area (Å²) in [7, 11) is 0. The van der Waals surface area contributed by atoms with Crippen molar-refractivity contribution in [3.63, 3.8) is 0 Å². The summed E-state index contributed by atoms with van der Waals surface area (Å²) in [6.07, 6.45) is 3.42. The number of carbonyl (C=O) groups excluding carboxylic acids is 1. The van der Waals surface area contributed by atoms with Gasteiger partial charge in [-0.1, -0.05) is 19.1 Å². The lowest BCUT2D eigenvalue weighted by molar-refractivity contribution is 0.0746. The topological polar surface area (TPSA) is 51.7 Å². The minimum absolute atomic E-state index is 0.0184. The molecule has 2 heterocycles. The van der Waals surface area contributed by atoms with Crippen LogP contribution < -0.4 is 9.47 Å². The maximum atomic E-state index is 13.0. The molecule has 1 aliphatic rings. The van der Waals surface area contributed by atoms with Crippen LogP contribution in [0.1, 0.15) is 29.4 Å². The Morgan fingerprint density at radius 3 is 2.79 bits per heavy atom. The van der Waals surface area contributed by atoms with Gasteiger partial charge in [-0.05, 0) is 30.7 Å². The van der Waals surface area contributed by atoms with Crippen LogP contribution in [-0.4, -0.2) is 42.1 Å². The number of carbonyl (C=O) groups is 1. The first-order chi connectivity index (χ1) is 11.8. The van der Waals surface area contributed by atoms with Crippen molar-refractivity contribution in [1.82, 2.24) is 9.88 Å². The van der Waals surface area contributed by atoms with Crippen molar-refractivity contribution in [2.24, 2.45) is 0 Å². The largest absolute Gasteiger partial charge is 0.486 e. The van der Waals surface area contributed by atoms with E-state index < -0.39 is 0 Å². The molecule has 0 fully saturated rings. The summed E-state index contributed by atoms with van der Waals surface area (Å²) in [5.74, 6) is 1.19. The molecule has 0 unspecified atom stereocenters. The zero-order valence-electron chi connectivity index (χ0n) is 13.9. The van der Waals surface area contributed by atoms with E-state index in [4.69, 9.17) is 9.47 Å². The first kappa shape index (κ1) is 16.3. The molecule has 0 N–H and O–H groups in total. The van der Waals surface area contributed by atoms with Crippen molar-refractivity contribution in [2.75, 3.05) is 26.3 Å². The molecule has 0 aliphatic carbocycles. The van der Waals surface area contributed by atoms with Crippen LogP contribution in [-0.2, 0) is 6.42 Å². The number of hydrogen-bond acceptors (Lipinski definition) is 4. The predicted octanol–water partition coefficient (Wildman–Crippen LogP) is 2.95. The van der Waals surface area contributed by atoms with Crippen LogP contribution in [0.5, 0.6) is 11.5 Å². The summed E-state index contributed by atoms with van der Waals surface area (Å²) < 4.78 is 11.3. The zero-order valence-corrected chi connectivity index (χ0v) is 13.9. The van der Waals surface area contributed by atoms with Crippen molar-refractivity contribution in [2.45, 2.75) is 19.8 Å². The molecule has 2 aromatic rings. The van der Waals surface area contributed by atoms with E-state index in [1.165, 1.54) is 0 Å². The van der Waals surface area contributed by atoms with E-state index in [0.29, 0.717) is 43.4 Å². The molecule has 0 bridgehead atoms. The molecule has 1 amide bonds. The van der Waals surface area contributed by atoms with Gasteiger partial charge in [0.05, 0.1) is 5.56 Å². The van der Waals surface area contributed by atoms with Gasteiger partial charge in [0.15, 0.2) is 11.5 Å². The molecule has 0 radical (unpaired) electrons. The Bertz CT molecular complexity index is 688. The van der Waals surface area contributed by atoms with Gasteiger partial charge in [0, 0.05) is 31.4 Å². The number of nitrogens with zero attached hydrogens (tertiary/aromatic N) is 2. The van der Waals surface area contributed by atoms with Gasteiger partial charge in [-0.2, -0.15) is 0 Å². The fourth-order valence-electron chi connectivity index (χ4n) is 2.79.